The Morgan fingerprint density at radius 2 is 2.06 bits per heavy atom. The van der Waals surface area contributed by atoms with Crippen LogP contribution in [0.1, 0.15) is 59.3 Å². The number of methoxy groups -OCH3 is 1. The molecule has 2 nitrogen and oxygen atoms in total. The maximum absolute atomic E-state index is 10.2. The third kappa shape index (κ3) is 1.94. The zero-order valence-corrected chi connectivity index (χ0v) is 11.8. The summed E-state index contributed by atoms with van der Waals surface area (Å²) in [6.45, 7) is 6.87. The third-order valence-electron chi connectivity index (χ3n) is 5.99. The molecule has 0 saturated heterocycles. The van der Waals surface area contributed by atoms with Gasteiger partial charge in [-0.2, -0.15) is 0 Å². The fourth-order valence-corrected chi connectivity index (χ4v) is 4.68. The predicted molar refractivity (Wildman–Crippen MR) is 69.9 cm³/mol. The molecule has 100 valence electrons. The normalized spacial score (nSPS) is 45.4. The number of hydrogen-bond donors (Lipinski definition) is 1. The van der Waals surface area contributed by atoms with Crippen molar-refractivity contribution >= 4 is 0 Å². The summed E-state index contributed by atoms with van der Waals surface area (Å²) in [6, 6.07) is 0. The van der Waals surface area contributed by atoms with Gasteiger partial charge in [-0.25, -0.2) is 0 Å². The highest BCUT2D eigenvalue weighted by molar-refractivity contribution is 5.05. The van der Waals surface area contributed by atoms with Gasteiger partial charge in [-0.3, -0.25) is 0 Å². The molecular formula is C15H28O2. The largest absolute Gasteiger partial charge is 0.393 e. The van der Waals surface area contributed by atoms with Gasteiger partial charge >= 0.3 is 0 Å². The number of aliphatic hydroxyl groups excluding tert-OH is 1. The van der Waals surface area contributed by atoms with Gasteiger partial charge in [0.1, 0.15) is 0 Å². The summed E-state index contributed by atoms with van der Waals surface area (Å²) < 4.78 is 5.84. The van der Waals surface area contributed by atoms with E-state index in [4.69, 9.17) is 4.74 Å². The number of hydrogen-bond acceptors (Lipinski definition) is 2. The molecular weight excluding hydrogens is 212 g/mol. The first kappa shape index (κ1) is 13.4. The van der Waals surface area contributed by atoms with Gasteiger partial charge < -0.3 is 9.84 Å². The minimum Gasteiger partial charge on any atom is -0.393 e. The van der Waals surface area contributed by atoms with Gasteiger partial charge in [-0.15, -0.1) is 0 Å². The Balaban J connectivity index is 2.26. The van der Waals surface area contributed by atoms with Crippen LogP contribution < -0.4 is 0 Å². The second-order valence-electron chi connectivity index (χ2n) is 6.57. The molecule has 0 aromatic heterocycles. The van der Waals surface area contributed by atoms with Crippen molar-refractivity contribution in [1.29, 1.82) is 0 Å². The van der Waals surface area contributed by atoms with E-state index < -0.39 is 0 Å². The molecule has 1 N–H and O–H groups in total. The van der Waals surface area contributed by atoms with E-state index >= 15 is 0 Å². The monoisotopic (exact) mass is 240 g/mol. The summed E-state index contributed by atoms with van der Waals surface area (Å²) in [5.41, 5.74) is 0.277. The molecule has 0 aromatic rings. The quantitative estimate of drug-likeness (QED) is 0.819. The highest BCUT2D eigenvalue weighted by Gasteiger charge is 2.56. The maximum atomic E-state index is 10.2. The van der Waals surface area contributed by atoms with E-state index in [0.717, 1.165) is 12.8 Å². The Bertz CT molecular complexity index is 272. The van der Waals surface area contributed by atoms with Crippen molar-refractivity contribution in [2.24, 2.45) is 17.3 Å². The Morgan fingerprint density at radius 1 is 1.35 bits per heavy atom. The fourth-order valence-electron chi connectivity index (χ4n) is 4.68. The van der Waals surface area contributed by atoms with E-state index in [-0.39, 0.29) is 11.7 Å². The van der Waals surface area contributed by atoms with Gasteiger partial charge in [-0.1, -0.05) is 20.3 Å². The van der Waals surface area contributed by atoms with Crippen LogP contribution in [0.2, 0.25) is 0 Å². The van der Waals surface area contributed by atoms with Crippen molar-refractivity contribution in [3.63, 3.8) is 0 Å². The van der Waals surface area contributed by atoms with E-state index in [1.165, 1.54) is 25.7 Å². The Labute approximate surface area is 106 Å². The topological polar surface area (TPSA) is 29.5 Å². The zero-order chi connectivity index (χ0) is 12.7. The molecule has 17 heavy (non-hydrogen) atoms. The number of aliphatic hydroxyl groups is 1. The molecule has 0 spiro atoms. The van der Waals surface area contributed by atoms with E-state index in [1.807, 2.05) is 7.11 Å². The Kier molecular flexibility index (Phi) is 3.57. The molecule has 0 bridgehead atoms. The molecule has 5 atom stereocenters. The second-order valence-corrected chi connectivity index (χ2v) is 6.57. The van der Waals surface area contributed by atoms with E-state index in [2.05, 4.69) is 20.8 Å². The highest BCUT2D eigenvalue weighted by Crippen LogP contribution is 2.59. The average Bonchev–Trinajstić information content (AvgIpc) is 2.67. The van der Waals surface area contributed by atoms with Crippen molar-refractivity contribution in [3.05, 3.63) is 0 Å². The van der Waals surface area contributed by atoms with Crippen LogP contribution in [0, 0.1) is 17.3 Å². The van der Waals surface area contributed by atoms with Gasteiger partial charge in [0.2, 0.25) is 0 Å². The lowest BCUT2D eigenvalue weighted by Crippen LogP contribution is -2.48. The fraction of sp³-hybridized carbons (Fsp3) is 1.00. The van der Waals surface area contributed by atoms with Crippen LogP contribution in [-0.4, -0.2) is 23.9 Å². The summed E-state index contributed by atoms with van der Waals surface area (Å²) in [6.07, 6.45) is 6.83. The first-order chi connectivity index (χ1) is 7.98. The lowest BCUT2D eigenvalue weighted by atomic mass is 9.60. The minimum absolute atomic E-state index is 0.0133. The molecule has 2 saturated carbocycles. The lowest BCUT2D eigenvalue weighted by molar-refractivity contribution is -0.110. The van der Waals surface area contributed by atoms with Gasteiger partial charge in [-0.05, 0) is 56.3 Å². The van der Waals surface area contributed by atoms with Crippen LogP contribution in [0.3, 0.4) is 0 Å². The SMILES string of the molecule is CC[C@](C)(OC)C1CCC2[C@@H](O)CCC[C@@]21C. The first-order valence-electron chi connectivity index (χ1n) is 7.21. The first-order valence-corrected chi connectivity index (χ1v) is 7.21. The van der Waals surface area contributed by atoms with Crippen LogP contribution >= 0.6 is 0 Å². The summed E-state index contributed by atoms with van der Waals surface area (Å²) in [5, 5.41) is 10.2. The summed E-state index contributed by atoms with van der Waals surface area (Å²) in [5.74, 6) is 1.10. The van der Waals surface area contributed by atoms with Crippen molar-refractivity contribution in [1.82, 2.24) is 0 Å². The second kappa shape index (κ2) is 4.55. The molecule has 0 radical (unpaired) electrons. The molecule has 0 heterocycles. The Morgan fingerprint density at radius 3 is 2.65 bits per heavy atom. The minimum atomic E-state index is -0.0725. The van der Waals surface area contributed by atoms with Crippen LogP contribution in [0.15, 0.2) is 0 Å². The predicted octanol–water partition coefficient (Wildman–Crippen LogP) is 3.38. The zero-order valence-electron chi connectivity index (χ0n) is 11.8. The van der Waals surface area contributed by atoms with E-state index in [1.54, 1.807) is 0 Å². The molecule has 2 aliphatic carbocycles. The molecule has 2 heteroatoms. The van der Waals surface area contributed by atoms with Gasteiger partial charge in [0.15, 0.2) is 0 Å². The summed E-state index contributed by atoms with van der Waals surface area (Å²) in [4.78, 5) is 0. The highest BCUT2D eigenvalue weighted by atomic mass is 16.5. The van der Waals surface area contributed by atoms with E-state index in [9.17, 15) is 5.11 Å². The smallest absolute Gasteiger partial charge is 0.0681 e. The van der Waals surface area contributed by atoms with Crippen molar-refractivity contribution in [2.75, 3.05) is 7.11 Å². The Hall–Kier alpha value is -0.0800. The third-order valence-corrected chi connectivity index (χ3v) is 5.99. The van der Waals surface area contributed by atoms with Crippen molar-refractivity contribution in [3.8, 4) is 0 Å². The van der Waals surface area contributed by atoms with Crippen molar-refractivity contribution in [2.45, 2.75) is 71.0 Å². The molecule has 2 fully saturated rings. The number of rotatable bonds is 3. The molecule has 2 aliphatic rings. The van der Waals surface area contributed by atoms with Crippen molar-refractivity contribution < 1.29 is 9.84 Å². The van der Waals surface area contributed by atoms with Crippen LogP contribution in [0.5, 0.6) is 0 Å². The van der Waals surface area contributed by atoms with Gasteiger partial charge in [0.25, 0.3) is 0 Å². The van der Waals surface area contributed by atoms with Gasteiger partial charge in [0.05, 0.1) is 11.7 Å². The summed E-state index contributed by atoms with van der Waals surface area (Å²) >= 11 is 0. The van der Waals surface area contributed by atoms with Crippen LogP contribution in [-0.2, 0) is 4.74 Å². The lowest BCUT2D eigenvalue weighted by Gasteiger charge is -2.49. The molecule has 0 amide bonds. The molecule has 0 aliphatic heterocycles. The standard InChI is InChI=1S/C15H28O2/c1-5-15(3,17-4)13-9-8-11-12(16)7-6-10-14(11,13)2/h11-13,16H,5-10H2,1-4H3/t11?,12-,13?,14-,15-/m0/s1. The van der Waals surface area contributed by atoms with Gasteiger partial charge in [0, 0.05) is 7.11 Å². The van der Waals surface area contributed by atoms with E-state index in [0.29, 0.717) is 17.3 Å². The van der Waals surface area contributed by atoms with Crippen LogP contribution in [0.4, 0.5) is 0 Å². The number of fused-ring (bicyclic) bond motifs is 1. The molecule has 0 aromatic carbocycles. The molecule has 2 rings (SSSR count). The maximum Gasteiger partial charge on any atom is 0.0681 e. The number of ether oxygens (including phenoxy) is 1. The summed E-state index contributed by atoms with van der Waals surface area (Å²) in [7, 11) is 1.85. The average molecular weight is 240 g/mol. The van der Waals surface area contributed by atoms with Crippen LogP contribution in [0.25, 0.3) is 0 Å². The molecule has 2 unspecified atom stereocenters.